The van der Waals surface area contributed by atoms with Gasteiger partial charge in [-0.05, 0) is 23.1 Å². The normalized spacial score (nSPS) is 10.9. The van der Waals surface area contributed by atoms with E-state index in [1.54, 1.807) is 39.5 Å². The molecule has 0 aliphatic rings. The second kappa shape index (κ2) is 9.55. The van der Waals surface area contributed by atoms with Crippen LogP contribution in [0.5, 0.6) is 17.2 Å². The zero-order valence-corrected chi connectivity index (χ0v) is 19.1. The summed E-state index contributed by atoms with van der Waals surface area (Å²) in [6, 6.07) is 12.9. The molecule has 3 aromatic rings. The minimum absolute atomic E-state index is 0.0442. The van der Waals surface area contributed by atoms with E-state index in [-0.39, 0.29) is 17.0 Å². The minimum atomic E-state index is -0.330. The van der Waals surface area contributed by atoms with Crippen molar-refractivity contribution >= 4 is 23.1 Å². The Kier molecular flexibility index (Phi) is 6.82. The van der Waals surface area contributed by atoms with Crippen LogP contribution in [0, 0.1) is 0 Å². The summed E-state index contributed by atoms with van der Waals surface area (Å²) in [7, 11) is 4.63. The molecule has 1 amide bonds. The second-order valence-corrected chi connectivity index (χ2v) is 8.11. The van der Waals surface area contributed by atoms with E-state index in [0.29, 0.717) is 34.4 Å². The molecule has 3 rings (SSSR count). The highest BCUT2D eigenvalue weighted by atomic mass is 16.5. The number of carbonyl (C=O) groups excluding carboxylic acids is 1. The maximum absolute atomic E-state index is 12.7. The quantitative estimate of drug-likeness (QED) is 0.549. The molecule has 1 heterocycles. The number of carbonyl (C=O) groups is 1. The first-order chi connectivity index (χ1) is 15.2. The number of aromatic nitrogens is 2. The number of hydrogen-bond acceptors (Lipinski definition) is 7. The molecule has 32 heavy (non-hydrogen) atoms. The van der Waals surface area contributed by atoms with Gasteiger partial charge in [-0.25, -0.2) is 9.97 Å². The summed E-state index contributed by atoms with van der Waals surface area (Å²) in [5.41, 5.74) is 2.81. The standard InChI is InChI=1S/C24H28N4O4/c1-24(2,3)15-7-9-16(10-8-15)28-23(29)18-13-21(26-14-25-18)27-17-11-19(30-4)22(32-6)20(12-17)31-5/h7-14H,1-6H3,(H,28,29)(H,25,26,27). The van der Waals surface area contributed by atoms with Gasteiger partial charge >= 0.3 is 0 Å². The van der Waals surface area contributed by atoms with Crippen molar-refractivity contribution in [3.05, 3.63) is 60.0 Å². The van der Waals surface area contributed by atoms with Gasteiger partial charge in [-0.3, -0.25) is 4.79 Å². The van der Waals surface area contributed by atoms with Crippen LogP contribution in [0.25, 0.3) is 0 Å². The highest BCUT2D eigenvalue weighted by Gasteiger charge is 2.16. The molecule has 0 radical (unpaired) electrons. The van der Waals surface area contributed by atoms with E-state index >= 15 is 0 Å². The van der Waals surface area contributed by atoms with Crippen molar-refractivity contribution in [1.82, 2.24) is 9.97 Å². The molecule has 168 valence electrons. The number of rotatable bonds is 7. The number of amides is 1. The molecular formula is C24H28N4O4. The van der Waals surface area contributed by atoms with E-state index in [0.717, 1.165) is 0 Å². The molecule has 0 unspecified atom stereocenters. The Balaban J connectivity index is 1.77. The molecule has 2 aromatic carbocycles. The van der Waals surface area contributed by atoms with Crippen molar-refractivity contribution in [2.75, 3.05) is 32.0 Å². The van der Waals surface area contributed by atoms with Crippen LogP contribution in [0.1, 0.15) is 36.8 Å². The van der Waals surface area contributed by atoms with E-state index in [2.05, 4.69) is 41.4 Å². The largest absolute Gasteiger partial charge is 0.493 e. The molecule has 8 nitrogen and oxygen atoms in total. The summed E-state index contributed by atoms with van der Waals surface area (Å²) < 4.78 is 16.1. The van der Waals surface area contributed by atoms with Crippen molar-refractivity contribution < 1.29 is 19.0 Å². The van der Waals surface area contributed by atoms with Gasteiger partial charge in [-0.1, -0.05) is 32.9 Å². The minimum Gasteiger partial charge on any atom is -0.493 e. The predicted octanol–water partition coefficient (Wildman–Crippen LogP) is 4.80. The average Bonchev–Trinajstić information content (AvgIpc) is 2.78. The van der Waals surface area contributed by atoms with E-state index < -0.39 is 0 Å². The van der Waals surface area contributed by atoms with Crippen molar-refractivity contribution in [1.29, 1.82) is 0 Å². The Morgan fingerprint density at radius 1 is 0.844 bits per heavy atom. The molecule has 0 aliphatic heterocycles. The predicted molar refractivity (Wildman–Crippen MR) is 125 cm³/mol. The van der Waals surface area contributed by atoms with Crippen LogP contribution >= 0.6 is 0 Å². The fraction of sp³-hybridized carbons (Fsp3) is 0.292. The highest BCUT2D eigenvalue weighted by Crippen LogP contribution is 2.40. The number of nitrogens with zero attached hydrogens (tertiary/aromatic N) is 2. The topological polar surface area (TPSA) is 94.6 Å². The molecule has 0 atom stereocenters. The first kappa shape index (κ1) is 22.9. The smallest absolute Gasteiger partial charge is 0.274 e. The van der Waals surface area contributed by atoms with Crippen LogP contribution in [0.2, 0.25) is 0 Å². The summed E-state index contributed by atoms with van der Waals surface area (Å²) in [6.07, 6.45) is 1.33. The van der Waals surface area contributed by atoms with Gasteiger partial charge in [0.15, 0.2) is 11.5 Å². The van der Waals surface area contributed by atoms with Gasteiger partial charge in [0.25, 0.3) is 5.91 Å². The van der Waals surface area contributed by atoms with Crippen LogP contribution in [0.15, 0.2) is 48.8 Å². The van der Waals surface area contributed by atoms with Crippen molar-refractivity contribution in [3.63, 3.8) is 0 Å². The third kappa shape index (κ3) is 5.26. The molecule has 8 heteroatoms. The summed E-state index contributed by atoms with van der Waals surface area (Å²) in [6.45, 7) is 6.43. The summed E-state index contributed by atoms with van der Waals surface area (Å²) >= 11 is 0. The molecule has 0 aliphatic carbocycles. The Morgan fingerprint density at radius 2 is 1.47 bits per heavy atom. The van der Waals surface area contributed by atoms with Crippen molar-refractivity contribution in [2.24, 2.45) is 0 Å². The average molecular weight is 437 g/mol. The molecule has 0 spiro atoms. The number of benzene rings is 2. The summed E-state index contributed by atoms with van der Waals surface area (Å²) in [5.74, 6) is 1.60. The Hall–Kier alpha value is -3.81. The van der Waals surface area contributed by atoms with Crippen LogP contribution < -0.4 is 24.8 Å². The molecule has 0 saturated carbocycles. The zero-order valence-electron chi connectivity index (χ0n) is 19.1. The van der Waals surface area contributed by atoms with Crippen molar-refractivity contribution in [2.45, 2.75) is 26.2 Å². The summed E-state index contributed by atoms with van der Waals surface area (Å²) in [5, 5.41) is 6.01. The lowest BCUT2D eigenvalue weighted by atomic mass is 9.87. The van der Waals surface area contributed by atoms with E-state index in [9.17, 15) is 4.79 Å². The maximum Gasteiger partial charge on any atom is 0.274 e. The van der Waals surface area contributed by atoms with Crippen molar-refractivity contribution in [3.8, 4) is 17.2 Å². The third-order valence-corrected chi connectivity index (χ3v) is 4.85. The number of nitrogens with one attached hydrogen (secondary N) is 2. The maximum atomic E-state index is 12.7. The lowest BCUT2D eigenvalue weighted by Gasteiger charge is -2.19. The van der Waals surface area contributed by atoms with Gasteiger partial charge in [0.2, 0.25) is 5.75 Å². The van der Waals surface area contributed by atoms with Gasteiger partial charge in [-0.15, -0.1) is 0 Å². The monoisotopic (exact) mass is 436 g/mol. The lowest BCUT2D eigenvalue weighted by Crippen LogP contribution is -2.15. The van der Waals surface area contributed by atoms with Gasteiger partial charge in [0.05, 0.1) is 21.3 Å². The molecule has 0 fully saturated rings. The SMILES string of the molecule is COc1cc(Nc2cc(C(=O)Nc3ccc(C(C)(C)C)cc3)ncn2)cc(OC)c1OC. The van der Waals surface area contributed by atoms with Gasteiger partial charge in [0.1, 0.15) is 17.8 Å². The second-order valence-electron chi connectivity index (χ2n) is 8.11. The number of ether oxygens (including phenoxy) is 3. The molecule has 2 N–H and O–H groups in total. The van der Waals surface area contributed by atoms with E-state index in [1.165, 1.54) is 11.9 Å². The molecule has 0 bridgehead atoms. The number of anilines is 3. The molecule has 0 saturated heterocycles. The van der Waals surface area contributed by atoms with E-state index in [1.807, 2.05) is 24.3 Å². The van der Waals surface area contributed by atoms with Crippen LogP contribution in [-0.2, 0) is 5.41 Å². The number of methoxy groups -OCH3 is 3. The zero-order chi connectivity index (χ0) is 23.3. The lowest BCUT2D eigenvalue weighted by molar-refractivity contribution is 0.102. The Morgan fingerprint density at radius 3 is 2.00 bits per heavy atom. The Bertz CT molecular complexity index is 1070. The van der Waals surface area contributed by atoms with Crippen LogP contribution in [0.3, 0.4) is 0 Å². The highest BCUT2D eigenvalue weighted by molar-refractivity contribution is 6.03. The molecule has 1 aromatic heterocycles. The number of hydrogen-bond donors (Lipinski definition) is 2. The first-order valence-electron chi connectivity index (χ1n) is 10.1. The molecular weight excluding hydrogens is 408 g/mol. The van der Waals surface area contributed by atoms with Crippen LogP contribution in [0.4, 0.5) is 17.2 Å². The van der Waals surface area contributed by atoms with Gasteiger partial charge < -0.3 is 24.8 Å². The van der Waals surface area contributed by atoms with Gasteiger partial charge in [-0.2, -0.15) is 0 Å². The van der Waals surface area contributed by atoms with Crippen LogP contribution in [-0.4, -0.2) is 37.2 Å². The third-order valence-electron chi connectivity index (χ3n) is 4.85. The Labute approximate surface area is 188 Å². The fourth-order valence-corrected chi connectivity index (χ4v) is 3.10. The summed E-state index contributed by atoms with van der Waals surface area (Å²) in [4.78, 5) is 21.0. The fourth-order valence-electron chi connectivity index (χ4n) is 3.10. The first-order valence-corrected chi connectivity index (χ1v) is 10.1. The van der Waals surface area contributed by atoms with Gasteiger partial charge in [0, 0.05) is 29.6 Å². The van der Waals surface area contributed by atoms with E-state index in [4.69, 9.17) is 14.2 Å².